The summed E-state index contributed by atoms with van der Waals surface area (Å²) in [4.78, 5) is 13.6. The maximum atomic E-state index is 11.9. The molecule has 1 fully saturated rings. The summed E-state index contributed by atoms with van der Waals surface area (Å²) in [7, 11) is -3.63. The summed E-state index contributed by atoms with van der Waals surface area (Å²) < 4.78 is 23.5. The second-order valence-corrected chi connectivity index (χ2v) is 7.30. The quantitative estimate of drug-likeness (QED) is 0.703. The molecule has 1 aliphatic heterocycles. The first-order valence-electron chi connectivity index (χ1n) is 6.40. The molecule has 0 bridgehead atoms. The van der Waals surface area contributed by atoms with Crippen molar-refractivity contribution >= 4 is 16.1 Å². The van der Waals surface area contributed by atoms with E-state index in [0.717, 1.165) is 0 Å². The molecule has 19 heavy (non-hydrogen) atoms. The lowest BCUT2D eigenvalue weighted by Crippen LogP contribution is -2.52. The Hall–Kier alpha value is -0.700. The van der Waals surface area contributed by atoms with Gasteiger partial charge in [0.05, 0.1) is 0 Å². The van der Waals surface area contributed by atoms with Gasteiger partial charge in [-0.2, -0.15) is 12.7 Å². The molecule has 0 spiro atoms. The van der Waals surface area contributed by atoms with E-state index in [9.17, 15) is 13.2 Å². The van der Waals surface area contributed by atoms with Crippen LogP contribution in [-0.2, 0) is 15.0 Å². The van der Waals surface area contributed by atoms with Crippen LogP contribution < -0.4 is 10.5 Å². The maximum absolute atomic E-state index is 11.9. The molecule has 8 heteroatoms. The van der Waals surface area contributed by atoms with Crippen molar-refractivity contribution in [1.82, 2.24) is 14.5 Å². The van der Waals surface area contributed by atoms with Crippen molar-refractivity contribution in [3.63, 3.8) is 0 Å². The first kappa shape index (κ1) is 16.4. The fourth-order valence-corrected chi connectivity index (χ4v) is 2.57. The number of carbonyl (C=O) groups is 1. The molecule has 7 nitrogen and oxygen atoms in total. The third kappa shape index (κ3) is 5.85. The number of rotatable bonds is 4. The average Bonchev–Trinajstić information content (AvgIpc) is 2.26. The lowest BCUT2D eigenvalue weighted by atomic mass is 10.1. The van der Waals surface area contributed by atoms with Gasteiger partial charge in [0.15, 0.2) is 0 Å². The lowest BCUT2D eigenvalue weighted by molar-refractivity contribution is -0.132. The second kappa shape index (κ2) is 6.17. The summed E-state index contributed by atoms with van der Waals surface area (Å²) in [5.41, 5.74) is -0.00734. The van der Waals surface area contributed by atoms with Crippen LogP contribution in [0.3, 0.4) is 0 Å². The predicted molar refractivity (Wildman–Crippen MR) is 73.6 cm³/mol. The van der Waals surface area contributed by atoms with E-state index in [2.05, 4.69) is 5.32 Å². The molecule has 0 aromatic rings. The Morgan fingerprint density at radius 1 is 1.21 bits per heavy atom. The van der Waals surface area contributed by atoms with Crippen LogP contribution in [0.15, 0.2) is 0 Å². The molecule has 0 aromatic carbocycles. The average molecular weight is 292 g/mol. The second-order valence-electron chi connectivity index (χ2n) is 5.75. The van der Waals surface area contributed by atoms with Gasteiger partial charge in [0.1, 0.15) is 0 Å². The van der Waals surface area contributed by atoms with Crippen molar-refractivity contribution in [2.24, 2.45) is 5.14 Å². The van der Waals surface area contributed by atoms with Crippen LogP contribution in [0.1, 0.15) is 27.2 Å². The molecule has 1 amide bonds. The van der Waals surface area contributed by atoms with Gasteiger partial charge in [-0.1, -0.05) is 0 Å². The van der Waals surface area contributed by atoms with Crippen molar-refractivity contribution in [3.05, 3.63) is 0 Å². The number of nitrogens with zero attached hydrogens (tertiary/aromatic N) is 2. The highest BCUT2D eigenvalue weighted by atomic mass is 32.2. The molecule has 1 saturated heterocycles. The number of nitrogens with two attached hydrogens (primary N) is 1. The topological polar surface area (TPSA) is 95.7 Å². The summed E-state index contributed by atoms with van der Waals surface area (Å²) in [6.45, 7) is 8.12. The first-order valence-corrected chi connectivity index (χ1v) is 7.90. The van der Waals surface area contributed by atoms with Gasteiger partial charge in [-0.05, 0) is 20.8 Å². The third-order valence-electron chi connectivity index (χ3n) is 2.95. The van der Waals surface area contributed by atoms with E-state index in [4.69, 9.17) is 5.14 Å². The predicted octanol–water partition coefficient (Wildman–Crippen LogP) is -0.888. The Morgan fingerprint density at radius 3 is 2.16 bits per heavy atom. The normalized spacial score (nSPS) is 18.6. The minimum Gasteiger partial charge on any atom is -0.340 e. The van der Waals surface area contributed by atoms with Gasteiger partial charge in [0.2, 0.25) is 5.91 Å². The van der Waals surface area contributed by atoms with E-state index in [-0.39, 0.29) is 24.5 Å². The summed E-state index contributed by atoms with van der Waals surface area (Å²) in [5, 5.41) is 8.30. The Bertz CT molecular complexity index is 408. The minimum atomic E-state index is -3.63. The number of amides is 1. The largest absolute Gasteiger partial charge is 0.340 e. The van der Waals surface area contributed by atoms with Crippen molar-refractivity contribution < 1.29 is 13.2 Å². The van der Waals surface area contributed by atoms with E-state index in [1.165, 1.54) is 4.31 Å². The van der Waals surface area contributed by atoms with Crippen molar-refractivity contribution in [3.8, 4) is 0 Å². The third-order valence-corrected chi connectivity index (χ3v) is 4.03. The summed E-state index contributed by atoms with van der Waals surface area (Å²) >= 11 is 0. The van der Waals surface area contributed by atoms with E-state index < -0.39 is 10.2 Å². The van der Waals surface area contributed by atoms with Gasteiger partial charge >= 0.3 is 0 Å². The molecule has 1 aliphatic rings. The van der Waals surface area contributed by atoms with Gasteiger partial charge in [-0.25, -0.2) is 5.14 Å². The minimum absolute atomic E-state index is 0.00734. The van der Waals surface area contributed by atoms with Gasteiger partial charge in [0.25, 0.3) is 10.2 Å². The fourth-order valence-electron chi connectivity index (χ4n) is 1.89. The van der Waals surface area contributed by atoms with Gasteiger partial charge < -0.3 is 10.2 Å². The molecular weight excluding hydrogens is 268 g/mol. The smallest absolute Gasteiger partial charge is 0.277 e. The Labute approximate surface area is 115 Å². The monoisotopic (exact) mass is 292 g/mol. The number of carbonyl (C=O) groups excluding carboxylic acids is 1. The molecule has 3 N–H and O–H groups in total. The lowest BCUT2D eigenvalue weighted by Gasteiger charge is -2.33. The van der Waals surface area contributed by atoms with E-state index in [1.54, 1.807) is 4.90 Å². The van der Waals surface area contributed by atoms with Crippen molar-refractivity contribution in [2.45, 2.75) is 32.7 Å². The number of hydrogen-bond acceptors (Lipinski definition) is 4. The van der Waals surface area contributed by atoms with Crippen molar-refractivity contribution in [2.75, 3.05) is 32.7 Å². The molecule has 0 radical (unpaired) electrons. The molecule has 0 saturated carbocycles. The van der Waals surface area contributed by atoms with Crippen LogP contribution in [0.2, 0.25) is 0 Å². The first-order chi connectivity index (χ1) is 8.59. The summed E-state index contributed by atoms with van der Waals surface area (Å²) in [6, 6.07) is 0. The molecule has 1 heterocycles. The fraction of sp³-hybridized carbons (Fsp3) is 0.909. The van der Waals surface area contributed by atoms with Crippen LogP contribution in [0.4, 0.5) is 0 Å². The molecule has 0 unspecified atom stereocenters. The van der Waals surface area contributed by atoms with Crippen LogP contribution in [0.5, 0.6) is 0 Å². The zero-order valence-electron chi connectivity index (χ0n) is 11.8. The van der Waals surface area contributed by atoms with Crippen LogP contribution in [0.25, 0.3) is 0 Å². The zero-order chi connectivity index (χ0) is 14.7. The van der Waals surface area contributed by atoms with Gasteiger partial charge in [-0.3, -0.25) is 4.79 Å². The van der Waals surface area contributed by atoms with Gasteiger partial charge in [0, 0.05) is 44.7 Å². The highest BCUT2D eigenvalue weighted by molar-refractivity contribution is 7.86. The van der Waals surface area contributed by atoms with Gasteiger partial charge in [-0.15, -0.1) is 0 Å². The number of hydrogen-bond donors (Lipinski definition) is 2. The zero-order valence-corrected chi connectivity index (χ0v) is 12.7. The van der Waals surface area contributed by atoms with Crippen LogP contribution in [-0.4, -0.2) is 61.8 Å². The van der Waals surface area contributed by atoms with E-state index in [0.29, 0.717) is 26.1 Å². The maximum Gasteiger partial charge on any atom is 0.277 e. The molecule has 0 aliphatic carbocycles. The summed E-state index contributed by atoms with van der Waals surface area (Å²) in [5.74, 6) is 0.0471. The van der Waals surface area contributed by atoms with E-state index in [1.807, 2.05) is 20.8 Å². The standard InChI is InChI=1S/C11H24N4O3S/c1-11(2,3)13-5-4-10(16)14-6-8-15(9-7-14)19(12,17)18/h13H,4-9H2,1-3H3,(H2,12,17,18). The van der Waals surface area contributed by atoms with Crippen LogP contribution in [0, 0.1) is 0 Å². The van der Waals surface area contributed by atoms with Crippen LogP contribution >= 0.6 is 0 Å². The SMILES string of the molecule is CC(C)(C)NCCC(=O)N1CCN(S(N)(=O)=O)CC1. The summed E-state index contributed by atoms with van der Waals surface area (Å²) in [6.07, 6.45) is 0.423. The van der Waals surface area contributed by atoms with Crippen molar-refractivity contribution in [1.29, 1.82) is 0 Å². The number of piperazine rings is 1. The number of nitrogens with one attached hydrogen (secondary N) is 1. The Morgan fingerprint density at radius 2 is 1.74 bits per heavy atom. The highest BCUT2D eigenvalue weighted by Crippen LogP contribution is 2.06. The van der Waals surface area contributed by atoms with E-state index >= 15 is 0 Å². The molecule has 1 rings (SSSR count). The Kier molecular flexibility index (Phi) is 5.31. The molecular formula is C11H24N4O3S. The molecule has 112 valence electrons. The molecule has 0 aromatic heterocycles. The highest BCUT2D eigenvalue weighted by Gasteiger charge is 2.26. The molecule has 0 atom stereocenters. The Balaban J connectivity index is 2.33.